The quantitative estimate of drug-likeness (QED) is 0.506. The molecule has 1 heterocycles. The monoisotopic (exact) mass is 276 g/mol. The number of hydrogen-bond acceptors (Lipinski definition) is 3. The van der Waals surface area contributed by atoms with Crippen molar-refractivity contribution in [2.24, 2.45) is 5.10 Å². The molecule has 0 aromatic carbocycles. The van der Waals surface area contributed by atoms with E-state index in [4.69, 9.17) is 12.2 Å². The van der Waals surface area contributed by atoms with E-state index in [2.05, 4.69) is 20.8 Å². The minimum atomic E-state index is 0.505. The third-order valence-electron chi connectivity index (χ3n) is 3.36. The smallest absolute Gasteiger partial charge is 0.187 e. The third-order valence-corrected chi connectivity index (χ3v) is 3.57. The molecule has 2 N–H and O–H groups in total. The molecule has 1 aliphatic rings. The van der Waals surface area contributed by atoms with Crippen LogP contribution >= 0.6 is 12.2 Å². The number of thiocarbonyl (C=S) groups is 1. The number of nitrogens with one attached hydrogen (secondary N) is 2. The van der Waals surface area contributed by atoms with Gasteiger partial charge < -0.3 is 5.32 Å². The molecule has 0 atom stereocenters. The van der Waals surface area contributed by atoms with Gasteiger partial charge >= 0.3 is 0 Å². The summed E-state index contributed by atoms with van der Waals surface area (Å²) in [5.74, 6) is 0. The van der Waals surface area contributed by atoms with Crippen molar-refractivity contribution in [1.29, 1.82) is 0 Å². The maximum atomic E-state index is 5.26. The lowest BCUT2D eigenvalue weighted by Gasteiger charge is -2.23. The molecule has 1 aliphatic carbocycles. The second kappa shape index (κ2) is 7.19. The van der Waals surface area contributed by atoms with Gasteiger partial charge in [-0.1, -0.05) is 19.3 Å². The highest BCUT2D eigenvalue weighted by Crippen LogP contribution is 2.17. The highest BCUT2D eigenvalue weighted by atomic mass is 32.1. The van der Waals surface area contributed by atoms with Gasteiger partial charge in [0.25, 0.3) is 0 Å². The molecular formula is C14H20N4S. The van der Waals surface area contributed by atoms with Crippen LogP contribution in [-0.2, 0) is 0 Å². The van der Waals surface area contributed by atoms with E-state index in [0.717, 1.165) is 11.3 Å². The fourth-order valence-corrected chi connectivity index (χ4v) is 2.47. The molecule has 0 amide bonds. The lowest BCUT2D eigenvalue weighted by atomic mass is 9.96. The molecule has 0 unspecified atom stereocenters. The summed E-state index contributed by atoms with van der Waals surface area (Å²) >= 11 is 5.26. The van der Waals surface area contributed by atoms with Crippen molar-refractivity contribution < 1.29 is 0 Å². The number of pyridine rings is 1. The van der Waals surface area contributed by atoms with Gasteiger partial charge in [0.1, 0.15) is 0 Å². The lowest BCUT2D eigenvalue weighted by molar-refractivity contribution is 0.412. The third kappa shape index (κ3) is 4.59. The van der Waals surface area contributed by atoms with Gasteiger partial charge in [-0.25, -0.2) is 0 Å². The predicted octanol–water partition coefficient (Wildman–Crippen LogP) is 2.60. The van der Waals surface area contributed by atoms with Crippen LogP contribution in [0.4, 0.5) is 0 Å². The van der Waals surface area contributed by atoms with E-state index in [-0.39, 0.29) is 0 Å². The van der Waals surface area contributed by atoms with E-state index in [0.29, 0.717) is 11.2 Å². The Balaban J connectivity index is 1.82. The molecule has 4 nitrogen and oxygen atoms in total. The normalized spacial score (nSPS) is 17.0. The Labute approximate surface area is 119 Å². The minimum Gasteiger partial charge on any atom is -0.359 e. The number of nitrogens with zero attached hydrogens (tertiary/aromatic N) is 2. The summed E-state index contributed by atoms with van der Waals surface area (Å²) in [7, 11) is 0. The van der Waals surface area contributed by atoms with Gasteiger partial charge in [0.2, 0.25) is 0 Å². The lowest BCUT2D eigenvalue weighted by Crippen LogP contribution is -2.41. The van der Waals surface area contributed by atoms with Crippen LogP contribution in [0.15, 0.2) is 29.6 Å². The molecule has 0 bridgehead atoms. The van der Waals surface area contributed by atoms with E-state index in [9.17, 15) is 0 Å². The molecular weight excluding hydrogens is 256 g/mol. The Morgan fingerprint density at radius 3 is 2.63 bits per heavy atom. The minimum absolute atomic E-state index is 0.505. The highest BCUT2D eigenvalue weighted by molar-refractivity contribution is 7.80. The van der Waals surface area contributed by atoms with Crippen LogP contribution in [0.25, 0.3) is 0 Å². The number of hydrazone groups is 1. The van der Waals surface area contributed by atoms with Crippen molar-refractivity contribution in [2.75, 3.05) is 0 Å². The second-order valence-electron chi connectivity index (χ2n) is 4.85. The summed E-state index contributed by atoms with van der Waals surface area (Å²) in [6.07, 6.45) is 9.85. The Bertz CT molecular complexity index is 438. The molecule has 1 aromatic rings. The fraction of sp³-hybridized carbons (Fsp3) is 0.500. The molecule has 0 saturated heterocycles. The van der Waals surface area contributed by atoms with Crippen LogP contribution in [0.3, 0.4) is 0 Å². The molecule has 5 heteroatoms. The van der Waals surface area contributed by atoms with Gasteiger partial charge in [0.15, 0.2) is 5.11 Å². The summed E-state index contributed by atoms with van der Waals surface area (Å²) in [5.41, 5.74) is 4.86. The van der Waals surface area contributed by atoms with Gasteiger partial charge in [0.05, 0.1) is 5.71 Å². The number of hydrogen-bond donors (Lipinski definition) is 2. The molecule has 0 aliphatic heterocycles. The van der Waals surface area contributed by atoms with Gasteiger partial charge in [-0.15, -0.1) is 0 Å². The van der Waals surface area contributed by atoms with Gasteiger partial charge in [-0.05, 0) is 44.1 Å². The maximum absolute atomic E-state index is 5.26. The van der Waals surface area contributed by atoms with Crippen molar-refractivity contribution >= 4 is 23.0 Å². The molecule has 1 saturated carbocycles. The van der Waals surface area contributed by atoms with Crippen LogP contribution < -0.4 is 10.7 Å². The zero-order valence-electron chi connectivity index (χ0n) is 11.2. The van der Waals surface area contributed by atoms with Gasteiger partial charge in [-0.2, -0.15) is 5.10 Å². The van der Waals surface area contributed by atoms with E-state index < -0.39 is 0 Å². The topological polar surface area (TPSA) is 49.3 Å². The predicted molar refractivity (Wildman–Crippen MR) is 82.2 cm³/mol. The molecule has 19 heavy (non-hydrogen) atoms. The summed E-state index contributed by atoms with van der Waals surface area (Å²) in [5, 5.41) is 8.23. The number of rotatable bonds is 3. The van der Waals surface area contributed by atoms with Crippen molar-refractivity contribution in [2.45, 2.75) is 45.1 Å². The zero-order chi connectivity index (χ0) is 13.5. The van der Waals surface area contributed by atoms with E-state index in [1.165, 1.54) is 32.1 Å². The zero-order valence-corrected chi connectivity index (χ0v) is 12.0. The summed E-state index contributed by atoms with van der Waals surface area (Å²) in [6, 6.07) is 4.36. The van der Waals surface area contributed by atoms with Crippen molar-refractivity contribution in [3.05, 3.63) is 30.1 Å². The average molecular weight is 276 g/mol. The molecule has 2 rings (SSSR count). The van der Waals surface area contributed by atoms with Crippen molar-refractivity contribution in [3.8, 4) is 0 Å². The molecule has 0 radical (unpaired) electrons. The van der Waals surface area contributed by atoms with Crippen LogP contribution in [0.5, 0.6) is 0 Å². The average Bonchev–Trinajstić information content (AvgIpc) is 2.47. The van der Waals surface area contributed by atoms with Crippen molar-refractivity contribution in [1.82, 2.24) is 15.7 Å². The van der Waals surface area contributed by atoms with Gasteiger partial charge in [-0.3, -0.25) is 10.4 Å². The maximum Gasteiger partial charge on any atom is 0.187 e. The first-order valence-electron chi connectivity index (χ1n) is 6.77. The SMILES string of the molecule is C/C(=N/NC(=S)NC1CCCCC1)c1ccncc1. The van der Waals surface area contributed by atoms with Crippen molar-refractivity contribution in [3.63, 3.8) is 0 Å². The summed E-state index contributed by atoms with van der Waals surface area (Å²) < 4.78 is 0. The first kappa shape index (κ1) is 13.9. The molecule has 1 fully saturated rings. The van der Waals surface area contributed by atoms with E-state index in [1.807, 2.05) is 19.1 Å². The molecule has 0 spiro atoms. The van der Waals surface area contributed by atoms with E-state index >= 15 is 0 Å². The Kier molecular flexibility index (Phi) is 5.27. The summed E-state index contributed by atoms with van der Waals surface area (Å²) in [4.78, 5) is 3.99. The largest absolute Gasteiger partial charge is 0.359 e. The van der Waals surface area contributed by atoms with Gasteiger partial charge in [0, 0.05) is 24.0 Å². The Hall–Kier alpha value is -1.49. The van der Waals surface area contributed by atoms with Crippen LogP contribution in [0.1, 0.15) is 44.6 Å². The Morgan fingerprint density at radius 1 is 1.26 bits per heavy atom. The second-order valence-corrected chi connectivity index (χ2v) is 5.26. The number of aromatic nitrogens is 1. The summed E-state index contributed by atoms with van der Waals surface area (Å²) in [6.45, 7) is 1.95. The first-order chi connectivity index (χ1) is 9.25. The molecule has 1 aromatic heterocycles. The van der Waals surface area contributed by atoms with Crippen LogP contribution in [-0.4, -0.2) is 21.8 Å². The standard InChI is InChI=1S/C14H20N4S/c1-11(12-7-9-15-10-8-12)17-18-14(19)16-13-5-3-2-4-6-13/h7-10,13H,2-6H2,1H3,(H2,16,18,19)/b17-11-. The fourth-order valence-electron chi connectivity index (χ4n) is 2.26. The Morgan fingerprint density at radius 2 is 1.95 bits per heavy atom. The van der Waals surface area contributed by atoms with Crippen LogP contribution in [0.2, 0.25) is 0 Å². The first-order valence-corrected chi connectivity index (χ1v) is 7.18. The highest BCUT2D eigenvalue weighted by Gasteiger charge is 2.13. The molecule has 102 valence electrons. The van der Waals surface area contributed by atoms with E-state index in [1.54, 1.807) is 12.4 Å². The van der Waals surface area contributed by atoms with Crippen LogP contribution in [0, 0.1) is 0 Å².